The fraction of sp³-hybridized carbons (Fsp3) is 0.909. The lowest BCUT2D eigenvalue weighted by Gasteiger charge is -2.20. The summed E-state index contributed by atoms with van der Waals surface area (Å²) in [6.07, 6.45) is 2.44. The van der Waals surface area contributed by atoms with Crippen LogP contribution in [0.1, 0.15) is 33.1 Å². The van der Waals surface area contributed by atoms with E-state index < -0.39 is 0 Å². The number of amides is 1. The molecule has 0 aromatic heterocycles. The van der Waals surface area contributed by atoms with E-state index in [1.54, 1.807) is 0 Å². The van der Waals surface area contributed by atoms with Gasteiger partial charge in [-0.25, -0.2) is 0 Å². The molecule has 1 aliphatic rings. The fourth-order valence-corrected chi connectivity index (χ4v) is 2.06. The highest BCUT2D eigenvalue weighted by Crippen LogP contribution is 2.15. The molecule has 1 heterocycles. The van der Waals surface area contributed by atoms with E-state index in [4.69, 9.17) is 5.11 Å². The highest BCUT2D eigenvalue weighted by Gasteiger charge is 2.29. The van der Waals surface area contributed by atoms with Gasteiger partial charge in [-0.1, -0.05) is 6.92 Å². The summed E-state index contributed by atoms with van der Waals surface area (Å²) in [6.45, 7) is 5.13. The lowest BCUT2D eigenvalue weighted by atomic mass is 10.00. The predicted octanol–water partition coefficient (Wildman–Crippen LogP) is 0.262. The lowest BCUT2D eigenvalue weighted by Crippen LogP contribution is -2.42. The van der Waals surface area contributed by atoms with Gasteiger partial charge in [0.1, 0.15) is 0 Å². The van der Waals surface area contributed by atoms with Gasteiger partial charge >= 0.3 is 0 Å². The van der Waals surface area contributed by atoms with Gasteiger partial charge in [0.15, 0.2) is 0 Å². The van der Waals surface area contributed by atoms with Crippen LogP contribution in [0.3, 0.4) is 0 Å². The Kier molecular flexibility index (Phi) is 5.05. The minimum absolute atomic E-state index is 0.0951. The molecule has 1 rings (SSSR count). The molecule has 0 aromatic rings. The van der Waals surface area contributed by atoms with Gasteiger partial charge in [0.25, 0.3) is 0 Å². The summed E-state index contributed by atoms with van der Waals surface area (Å²) in [5, 5.41) is 15.1. The topological polar surface area (TPSA) is 61.4 Å². The summed E-state index contributed by atoms with van der Waals surface area (Å²) >= 11 is 0. The third kappa shape index (κ3) is 3.47. The third-order valence-electron chi connectivity index (χ3n) is 3.18. The molecule has 0 radical (unpaired) electrons. The summed E-state index contributed by atoms with van der Waals surface area (Å²) in [6, 6.07) is 0.395. The lowest BCUT2D eigenvalue weighted by molar-refractivity contribution is -0.125. The van der Waals surface area contributed by atoms with Crippen molar-refractivity contribution in [2.45, 2.75) is 45.2 Å². The fourth-order valence-electron chi connectivity index (χ4n) is 2.06. The van der Waals surface area contributed by atoms with Crippen LogP contribution in [0.4, 0.5) is 0 Å². The van der Waals surface area contributed by atoms with Crippen molar-refractivity contribution in [2.24, 2.45) is 5.92 Å². The molecule has 1 saturated heterocycles. The van der Waals surface area contributed by atoms with Crippen molar-refractivity contribution in [1.29, 1.82) is 0 Å². The van der Waals surface area contributed by atoms with Crippen LogP contribution in [0.15, 0.2) is 0 Å². The van der Waals surface area contributed by atoms with Crippen molar-refractivity contribution in [3.05, 3.63) is 0 Å². The zero-order chi connectivity index (χ0) is 11.3. The van der Waals surface area contributed by atoms with Crippen LogP contribution in [0.2, 0.25) is 0 Å². The standard InChI is InChI=1S/C11H22N2O2/c1-3-9(5-7-14)13-11(15)10-4-6-12-8(10)2/h8-10,12,14H,3-7H2,1-2H3,(H,13,15). The summed E-state index contributed by atoms with van der Waals surface area (Å²) in [5.74, 6) is 0.227. The van der Waals surface area contributed by atoms with Gasteiger partial charge in [0.05, 0.1) is 5.92 Å². The molecule has 3 atom stereocenters. The molecular formula is C11H22N2O2. The van der Waals surface area contributed by atoms with Crippen LogP contribution in [0, 0.1) is 5.92 Å². The quantitative estimate of drug-likeness (QED) is 0.615. The number of hydrogen-bond acceptors (Lipinski definition) is 3. The summed E-state index contributed by atoms with van der Waals surface area (Å²) in [5.41, 5.74) is 0. The Morgan fingerprint density at radius 1 is 1.67 bits per heavy atom. The van der Waals surface area contributed by atoms with Crippen LogP contribution >= 0.6 is 0 Å². The first-order valence-electron chi connectivity index (χ1n) is 5.83. The molecule has 0 spiro atoms. The van der Waals surface area contributed by atoms with Crippen molar-refractivity contribution in [3.63, 3.8) is 0 Å². The van der Waals surface area contributed by atoms with Gasteiger partial charge < -0.3 is 15.7 Å². The number of nitrogens with one attached hydrogen (secondary N) is 2. The van der Waals surface area contributed by atoms with Gasteiger partial charge in [0, 0.05) is 18.7 Å². The molecule has 1 aliphatic heterocycles. The molecule has 1 fully saturated rings. The Labute approximate surface area is 91.4 Å². The van der Waals surface area contributed by atoms with Crippen LogP contribution in [-0.2, 0) is 4.79 Å². The first kappa shape index (κ1) is 12.5. The second-order valence-electron chi connectivity index (χ2n) is 4.26. The molecule has 4 nitrogen and oxygen atoms in total. The zero-order valence-corrected chi connectivity index (χ0v) is 9.62. The van der Waals surface area contributed by atoms with Crippen LogP contribution in [-0.4, -0.2) is 36.2 Å². The number of carbonyl (C=O) groups is 1. The van der Waals surface area contributed by atoms with E-state index in [0.717, 1.165) is 19.4 Å². The first-order chi connectivity index (χ1) is 7.19. The summed E-state index contributed by atoms with van der Waals surface area (Å²) < 4.78 is 0. The second kappa shape index (κ2) is 6.08. The van der Waals surface area contributed by atoms with E-state index in [1.165, 1.54) is 0 Å². The molecule has 0 aliphatic carbocycles. The molecule has 0 bridgehead atoms. The molecule has 15 heavy (non-hydrogen) atoms. The Morgan fingerprint density at radius 3 is 2.87 bits per heavy atom. The number of carbonyl (C=O) groups excluding carboxylic acids is 1. The van der Waals surface area contributed by atoms with Gasteiger partial charge in [-0.2, -0.15) is 0 Å². The number of aliphatic hydroxyl groups excluding tert-OH is 1. The normalized spacial score (nSPS) is 27.7. The monoisotopic (exact) mass is 214 g/mol. The Bertz CT molecular complexity index is 209. The van der Waals surface area contributed by atoms with Gasteiger partial charge in [-0.15, -0.1) is 0 Å². The Hall–Kier alpha value is -0.610. The molecule has 1 amide bonds. The van der Waals surface area contributed by atoms with E-state index in [0.29, 0.717) is 6.42 Å². The third-order valence-corrected chi connectivity index (χ3v) is 3.18. The van der Waals surface area contributed by atoms with Crippen molar-refractivity contribution in [3.8, 4) is 0 Å². The SMILES string of the molecule is CCC(CCO)NC(=O)C1CCNC1C. The minimum atomic E-state index is 0.0951. The van der Waals surface area contributed by atoms with Crippen molar-refractivity contribution < 1.29 is 9.90 Å². The van der Waals surface area contributed by atoms with Crippen LogP contribution in [0.5, 0.6) is 0 Å². The smallest absolute Gasteiger partial charge is 0.224 e. The number of aliphatic hydroxyl groups is 1. The molecule has 0 aromatic carbocycles. The van der Waals surface area contributed by atoms with Crippen LogP contribution < -0.4 is 10.6 Å². The van der Waals surface area contributed by atoms with Gasteiger partial charge in [-0.3, -0.25) is 4.79 Å². The Balaban J connectivity index is 2.39. The maximum Gasteiger partial charge on any atom is 0.224 e. The summed E-state index contributed by atoms with van der Waals surface area (Å²) in [7, 11) is 0. The molecule has 3 unspecified atom stereocenters. The summed E-state index contributed by atoms with van der Waals surface area (Å²) in [4.78, 5) is 11.9. The largest absolute Gasteiger partial charge is 0.396 e. The van der Waals surface area contributed by atoms with Crippen molar-refractivity contribution >= 4 is 5.91 Å². The predicted molar refractivity (Wildman–Crippen MR) is 59.5 cm³/mol. The average Bonchev–Trinajstić information content (AvgIpc) is 2.63. The molecular weight excluding hydrogens is 192 g/mol. The molecule has 3 N–H and O–H groups in total. The van der Waals surface area contributed by atoms with Gasteiger partial charge in [0.2, 0.25) is 5.91 Å². The van der Waals surface area contributed by atoms with E-state index in [2.05, 4.69) is 10.6 Å². The first-order valence-corrected chi connectivity index (χ1v) is 5.83. The maximum absolute atomic E-state index is 11.9. The zero-order valence-electron chi connectivity index (χ0n) is 9.62. The molecule has 88 valence electrons. The van der Waals surface area contributed by atoms with Crippen molar-refractivity contribution in [1.82, 2.24) is 10.6 Å². The maximum atomic E-state index is 11.9. The Morgan fingerprint density at radius 2 is 2.40 bits per heavy atom. The highest BCUT2D eigenvalue weighted by molar-refractivity contribution is 5.80. The minimum Gasteiger partial charge on any atom is -0.396 e. The number of rotatable bonds is 5. The van der Waals surface area contributed by atoms with E-state index in [-0.39, 0.29) is 30.5 Å². The second-order valence-corrected chi connectivity index (χ2v) is 4.26. The highest BCUT2D eigenvalue weighted by atomic mass is 16.3. The van der Waals surface area contributed by atoms with Crippen molar-refractivity contribution in [2.75, 3.05) is 13.2 Å². The van der Waals surface area contributed by atoms with Gasteiger partial charge in [-0.05, 0) is 32.7 Å². The average molecular weight is 214 g/mol. The number of hydrogen-bond donors (Lipinski definition) is 3. The molecule has 0 saturated carbocycles. The van der Waals surface area contributed by atoms with E-state index in [1.807, 2.05) is 13.8 Å². The molecule has 4 heteroatoms. The van der Waals surface area contributed by atoms with Crippen LogP contribution in [0.25, 0.3) is 0 Å². The van der Waals surface area contributed by atoms with E-state index >= 15 is 0 Å². The van der Waals surface area contributed by atoms with E-state index in [9.17, 15) is 4.79 Å².